The number of rotatable bonds is 21. The van der Waals surface area contributed by atoms with Crippen LogP contribution in [0.4, 0.5) is 0 Å². The van der Waals surface area contributed by atoms with Gasteiger partial charge in [0.05, 0.1) is 29.2 Å². The smallest absolute Gasteiger partial charge is 0.549 e. The summed E-state index contributed by atoms with van der Waals surface area (Å²) >= 11 is 1.99. The van der Waals surface area contributed by atoms with Crippen molar-refractivity contribution in [3.63, 3.8) is 0 Å². The van der Waals surface area contributed by atoms with Gasteiger partial charge < -0.3 is 35.0 Å². The van der Waals surface area contributed by atoms with Crippen LogP contribution in [0.3, 0.4) is 0 Å². The molecule has 1 amide bonds. The summed E-state index contributed by atoms with van der Waals surface area (Å²) in [6.07, 6.45) is 6.29. The fraction of sp³-hybridized carbons (Fsp3) is 0.488. The molecule has 3 aromatic carbocycles. The minimum Gasteiger partial charge on any atom is -0.549 e. The number of carboxylic acids is 3. The molecule has 0 saturated carbocycles. The Kier molecular flexibility index (Phi) is 22.9. The molecule has 1 N–H and O–H groups in total. The molecule has 1 fully saturated rings. The van der Waals surface area contributed by atoms with E-state index in [0.29, 0.717) is 32.7 Å². The predicted octanol–water partition coefficient (Wildman–Crippen LogP) is 0.640. The quantitative estimate of drug-likeness (QED) is 0.118. The summed E-state index contributed by atoms with van der Waals surface area (Å²) in [5, 5.41) is 37.2. The Balaban J connectivity index is 0.00000870. The maximum Gasteiger partial charge on any atom is 3.00 e. The van der Waals surface area contributed by atoms with E-state index in [1.165, 1.54) is 16.7 Å². The van der Waals surface area contributed by atoms with Crippen molar-refractivity contribution in [3.05, 3.63) is 108 Å². The van der Waals surface area contributed by atoms with Gasteiger partial charge in [-0.1, -0.05) is 117 Å². The SMILES string of the molecule is O=C([O-])CN1CCN(CC(=O)[O-])CCN(CC(=O)NCCCCCCCCSC(c2ccccc2)(c2ccccc2)c2ccccc2)CCN(CC(=O)[O-])CC1.[Gd+3]. The Morgan fingerprint density at radius 2 is 0.807 bits per heavy atom. The monoisotopic (exact) mass is 944 g/mol. The number of amides is 1. The summed E-state index contributed by atoms with van der Waals surface area (Å²) < 4.78 is -0.306. The van der Waals surface area contributed by atoms with Crippen molar-refractivity contribution in [1.29, 1.82) is 0 Å². The number of carboxylic acid groups (broad SMARTS) is 3. The van der Waals surface area contributed by atoms with E-state index in [4.69, 9.17) is 0 Å². The molecular weight excluding hydrogens is 888 g/mol. The van der Waals surface area contributed by atoms with Crippen molar-refractivity contribution in [2.24, 2.45) is 0 Å². The maximum absolute atomic E-state index is 13.0. The zero-order valence-corrected chi connectivity index (χ0v) is 35.8. The first-order valence-corrected chi connectivity index (χ1v) is 20.7. The minimum absolute atomic E-state index is 0. The third-order valence-electron chi connectivity index (χ3n) is 10.1. The van der Waals surface area contributed by atoms with Gasteiger partial charge in [-0.15, -0.1) is 11.8 Å². The van der Waals surface area contributed by atoms with Gasteiger partial charge in [-0.05, 0) is 35.3 Å². The average Bonchev–Trinajstić information content (AvgIpc) is 3.18. The first-order chi connectivity index (χ1) is 27.2. The van der Waals surface area contributed by atoms with E-state index in [1.807, 2.05) is 16.7 Å². The fourth-order valence-corrected chi connectivity index (χ4v) is 8.74. The van der Waals surface area contributed by atoms with E-state index < -0.39 is 17.9 Å². The standard InChI is InChI=1S/C43H59N5O7S.Gd/c49-39(32-45-23-25-46(33-40(50)51)27-29-48(35-42(54)55)30-28-47(26-24-45)34-41(52)53)44-22-14-3-1-2-4-15-31-56-43(36-16-8-5-9-17-36,37-18-10-6-11-19-37)38-20-12-7-13-21-38;/h5-13,16-21H,1-4,14-15,22-35H2,(H,44,49)(H,50,51)(H,52,53)(H,54,55);/q;+3/p-3. The van der Waals surface area contributed by atoms with Gasteiger partial charge in [-0.2, -0.15) is 0 Å². The number of benzene rings is 3. The van der Waals surface area contributed by atoms with Crippen LogP contribution in [0.25, 0.3) is 0 Å². The summed E-state index contributed by atoms with van der Waals surface area (Å²) in [4.78, 5) is 53.9. The molecule has 12 nitrogen and oxygen atoms in total. The molecule has 309 valence electrons. The van der Waals surface area contributed by atoms with Gasteiger partial charge in [-0.3, -0.25) is 24.4 Å². The van der Waals surface area contributed by atoms with Crippen LogP contribution >= 0.6 is 11.8 Å². The van der Waals surface area contributed by atoms with Crippen molar-refractivity contribution in [3.8, 4) is 0 Å². The third kappa shape index (κ3) is 17.4. The second-order valence-electron chi connectivity index (χ2n) is 14.3. The Hall–Kier alpha value is -2.95. The van der Waals surface area contributed by atoms with E-state index in [0.717, 1.165) is 44.3 Å². The summed E-state index contributed by atoms with van der Waals surface area (Å²) in [6.45, 7) is 1.99. The second-order valence-corrected chi connectivity index (χ2v) is 15.6. The van der Waals surface area contributed by atoms with Crippen molar-refractivity contribution >= 4 is 35.6 Å². The van der Waals surface area contributed by atoms with Crippen LogP contribution in [0.2, 0.25) is 0 Å². The molecule has 14 heteroatoms. The van der Waals surface area contributed by atoms with Crippen molar-refractivity contribution in [2.75, 3.05) is 90.8 Å². The minimum atomic E-state index is -1.27. The summed E-state index contributed by atoms with van der Waals surface area (Å²) in [5.41, 5.74) is 3.81. The molecule has 1 aliphatic heterocycles. The maximum atomic E-state index is 13.0. The molecule has 1 radical (unpaired) electrons. The number of aliphatic carboxylic acids is 3. The van der Waals surface area contributed by atoms with Gasteiger partial charge in [0.25, 0.3) is 0 Å². The van der Waals surface area contributed by atoms with Gasteiger partial charge in [0.1, 0.15) is 0 Å². The van der Waals surface area contributed by atoms with Gasteiger partial charge in [0.15, 0.2) is 0 Å². The number of nitrogens with one attached hydrogen (secondary N) is 1. The largest absolute Gasteiger partial charge is 3.00 e. The molecule has 0 unspecified atom stereocenters. The predicted molar refractivity (Wildman–Crippen MR) is 213 cm³/mol. The Morgan fingerprint density at radius 3 is 1.16 bits per heavy atom. The second kappa shape index (κ2) is 26.9. The summed E-state index contributed by atoms with van der Waals surface area (Å²) in [6, 6.07) is 32.3. The topological polar surface area (TPSA) is 162 Å². The van der Waals surface area contributed by atoms with Gasteiger partial charge in [0.2, 0.25) is 5.91 Å². The normalized spacial score (nSPS) is 15.4. The van der Waals surface area contributed by atoms with Crippen LogP contribution in [0, 0.1) is 39.9 Å². The number of carbonyl (C=O) groups is 4. The number of thioether (sulfide) groups is 1. The van der Waals surface area contributed by atoms with E-state index >= 15 is 0 Å². The number of hydrogen-bond acceptors (Lipinski definition) is 12. The molecule has 0 atom stereocenters. The van der Waals surface area contributed by atoms with E-state index in [1.54, 1.807) is 14.7 Å². The first-order valence-electron chi connectivity index (χ1n) is 19.7. The molecule has 4 rings (SSSR count). The molecule has 1 heterocycles. The van der Waals surface area contributed by atoms with Crippen molar-refractivity contribution in [1.82, 2.24) is 24.9 Å². The molecule has 0 bridgehead atoms. The van der Waals surface area contributed by atoms with E-state index in [2.05, 4.69) is 96.3 Å². The van der Waals surface area contributed by atoms with Crippen LogP contribution in [-0.4, -0.2) is 134 Å². The Morgan fingerprint density at radius 1 is 0.491 bits per heavy atom. The molecule has 0 aromatic heterocycles. The van der Waals surface area contributed by atoms with Crippen LogP contribution in [-0.2, 0) is 23.9 Å². The molecule has 3 aromatic rings. The fourth-order valence-electron chi connectivity index (χ4n) is 7.17. The Bertz CT molecular complexity index is 1500. The summed E-state index contributed by atoms with van der Waals surface area (Å²) in [7, 11) is 0. The van der Waals surface area contributed by atoms with E-state index in [-0.39, 0.29) is 103 Å². The average molecular weight is 944 g/mol. The van der Waals surface area contributed by atoms with Crippen LogP contribution in [0.5, 0.6) is 0 Å². The van der Waals surface area contributed by atoms with Crippen LogP contribution < -0.4 is 20.6 Å². The molecular formula is C43H56GdN5O7S. The van der Waals surface area contributed by atoms with Crippen molar-refractivity contribution < 1.29 is 74.4 Å². The zero-order chi connectivity index (χ0) is 40.0. The Labute approximate surface area is 374 Å². The number of nitrogens with zero attached hydrogens (tertiary/aromatic N) is 4. The molecule has 0 aliphatic carbocycles. The van der Waals surface area contributed by atoms with Gasteiger partial charge in [0, 0.05) is 78.5 Å². The molecule has 57 heavy (non-hydrogen) atoms. The number of unbranched alkanes of at least 4 members (excludes halogenated alkanes) is 5. The van der Waals surface area contributed by atoms with Crippen LogP contribution in [0.15, 0.2) is 91.0 Å². The van der Waals surface area contributed by atoms with Crippen LogP contribution in [0.1, 0.15) is 55.2 Å². The molecule has 1 aliphatic rings. The summed E-state index contributed by atoms with van der Waals surface area (Å²) in [5.74, 6) is -2.90. The third-order valence-corrected chi connectivity index (χ3v) is 11.7. The molecule has 0 spiro atoms. The number of hydrogen-bond donors (Lipinski definition) is 1. The van der Waals surface area contributed by atoms with Gasteiger partial charge >= 0.3 is 39.9 Å². The van der Waals surface area contributed by atoms with E-state index in [9.17, 15) is 34.5 Å². The van der Waals surface area contributed by atoms with Gasteiger partial charge in [-0.25, -0.2) is 0 Å². The first kappa shape index (κ1) is 48.4. The zero-order valence-electron chi connectivity index (χ0n) is 32.7. The number of carbonyl (C=O) groups excluding carboxylic acids is 4. The van der Waals surface area contributed by atoms with Crippen molar-refractivity contribution in [2.45, 2.75) is 43.3 Å². The molecule has 1 saturated heterocycles.